The van der Waals surface area contributed by atoms with Gasteiger partial charge in [0.05, 0.1) is 17.6 Å². The zero-order chi connectivity index (χ0) is 21.1. The molecule has 0 spiro atoms. The van der Waals surface area contributed by atoms with Gasteiger partial charge in [0, 0.05) is 5.02 Å². The molecule has 0 N–H and O–H groups in total. The summed E-state index contributed by atoms with van der Waals surface area (Å²) in [6.07, 6.45) is 1.71. The van der Waals surface area contributed by atoms with Crippen LogP contribution < -0.4 is 0 Å². The first-order valence-corrected chi connectivity index (χ1v) is 11.0. The fourth-order valence-corrected chi connectivity index (χ4v) is 5.68. The Morgan fingerprint density at radius 2 is 1.59 bits per heavy atom. The standard InChI is InChI=1S/C21H21ClO6S/c1-27-19(23)16-6-4-15(5-7-16)14-28-20(24)21(12-2-3-13-21)29(25,26)18-10-8-17(22)9-11-18/h4-11H,2-3,12-14H2,1H3. The van der Waals surface area contributed by atoms with Gasteiger partial charge in [-0.2, -0.15) is 0 Å². The van der Waals surface area contributed by atoms with E-state index in [4.69, 9.17) is 16.3 Å². The minimum Gasteiger partial charge on any atom is -0.465 e. The number of benzene rings is 2. The van der Waals surface area contributed by atoms with Gasteiger partial charge in [-0.3, -0.25) is 4.79 Å². The summed E-state index contributed by atoms with van der Waals surface area (Å²) in [5, 5.41) is 0.419. The third-order valence-corrected chi connectivity index (χ3v) is 7.92. The maximum absolute atomic E-state index is 13.3. The molecule has 0 amide bonds. The number of methoxy groups -OCH3 is 1. The first-order chi connectivity index (χ1) is 13.8. The number of carbonyl (C=O) groups excluding carboxylic acids is 2. The Kier molecular flexibility index (Phi) is 6.29. The number of carbonyl (C=O) groups is 2. The van der Waals surface area contributed by atoms with Crippen molar-refractivity contribution in [2.24, 2.45) is 0 Å². The Bertz CT molecular complexity index is 990. The van der Waals surface area contributed by atoms with E-state index in [0.29, 0.717) is 29.0 Å². The van der Waals surface area contributed by atoms with Crippen LogP contribution in [0.2, 0.25) is 5.02 Å². The van der Waals surface area contributed by atoms with Crippen molar-refractivity contribution in [2.75, 3.05) is 7.11 Å². The van der Waals surface area contributed by atoms with E-state index in [2.05, 4.69) is 4.74 Å². The van der Waals surface area contributed by atoms with Gasteiger partial charge in [-0.05, 0) is 54.8 Å². The van der Waals surface area contributed by atoms with Crippen LogP contribution in [0.15, 0.2) is 53.4 Å². The molecule has 1 fully saturated rings. The normalized spacial score (nSPS) is 15.7. The Morgan fingerprint density at radius 1 is 1.00 bits per heavy atom. The van der Waals surface area contributed by atoms with E-state index in [1.807, 2.05) is 0 Å². The summed E-state index contributed by atoms with van der Waals surface area (Å²) < 4.78 is 35.0. The molecule has 0 saturated heterocycles. The Hall–Kier alpha value is -2.38. The highest BCUT2D eigenvalue weighted by atomic mass is 35.5. The van der Waals surface area contributed by atoms with Crippen LogP contribution in [-0.4, -0.2) is 32.2 Å². The highest BCUT2D eigenvalue weighted by Crippen LogP contribution is 2.41. The lowest BCUT2D eigenvalue weighted by Crippen LogP contribution is -2.45. The molecule has 0 atom stereocenters. The third-order valence-electron chi connectivity index (χ3n) is 5.17. The van der Waals surface area contributed by atoms with Crippen LogP contribution in [0.1, 0.15) is 41.6 Å². The van der Waals surface area contributed by atoms with E-state index in [1.54, 1.807) is 24.3 Å². The summed E-state index contributed by atoms with van der Waals surface area (Å²) in [6, 6.07) is 12.2. The van der Waals surface area contributed by atoms with Gasteiger partial charge in [0.15, 0.2) is 14.6 Å². The number of hydrogen-bond donors (Lipinski definition) is 0. The molecule has 0 unspecified atom stereocenters. The van der Waals surface area contributed by atoms with Gasteiger partial charge in [-0.1, -0.05) is 36.6 Å². The lowest BCUT2D eigenvalue weighted by Gasteiger charge is -2.26. The van der Waals surface area contributed by atoms with Crippen molar-refractivity contribution in [1.29, 1.82) is 0 Å². The van der Waals surface area contributed by atoms with Crippen molar-refractivity contribution >= 4 is 33.4 Å². The number of rotatable bonds is 6. The summed E-state index contributed by atoms with van der Waals surface area (Å²) in [7, 11) is -2.64. The molecule has 1 aliphatic carbocycles. The average Bonchev–Trinajstić information content (AvgIpc) is 3.24. The van der Waals surface area contributed by atoms with E-state index in [0.717, 1.165) is 0 Å². The second-order valence-corrected chi connectivity index (χ2v) is 9.62. The highest BCUT2D eigenvalue weighted by molar-refractivity contribution is 7.93. The maximum Gasteiger partial charge on any atom is 0.337 e. The zero-order valence-electron chi connectivity index (χ0n) is 15.9. The average molecular weight is 437 g/mol. The van der Waals surface area contributed by atoms with Gasteiger partial charge in [0.25, 0.3) is 0 Å². The molecule has 1 saturated carbocycles. The molecule has 1 aliphatic rings. The monoisotopic (exact) mass is 436 g/mol. The summed E-state index contributed by atoms with van der Waals surface area (Å²) in [6.45, 7) is -0.0851. The molecular formula is C21H21ClO6S. The predicted molar refractivity (Wildman–Crippen MR) is 107 cm³/mol. The Balaban J connectivity index is 1.79. The quantitative estimate of drug-likeness (QED) is 0.637. The van der Waals surface area contributed by atoms with Crippen LogP contribution in [0.25, 0.3) is 0 Å². The maximum atomic E-state index is 13.3. The molecule has 0 aromatic heterocycles. The van der Waals surface area contributed by atoms with Crippen LogP contribution in [0.5, 0.6) is 0 Å². The largest absolute Gasteiger partial charge is 0.465 e. The fourth-order valence-electron chi connectivity index (χ4n) is 3.50. The van der Waals surface area contributed by atoms with Crippen LogP contribution in [0, 0.1) is 0 Å². The number of halogens is 1. The highest BCUT2D eigenvalue weighted by Gasteiger charge is 2.54. The molecule has 0 radical (unpaired) electrons. The number of ether oxygens (including phenoxy) is 2. The van der Waals surface area contributed by atoms with Crippen molar-refractivity contribution in [1.82, 2.24) is 0 Å². The van der Waals surface area contributed by atoms with E-state index in [9.17, 15) is 18.0 Å². The van der Waals surface area contributed by atoms with Crippen molar-refractivity contribution in [3.63, 3.8) is 0 Å². The summed E-state index contributed by atoms with van der Waals surface area (Å²) in [5.74, 6) is -1.21. The zero-order valence-corrected chi connectivity index (χ0v) is 17.5. The van der Waals surface area contributed by atoms with E-state index in [-0.39, 0.29) is 24.3 Å². The first-order valence-electron chi connectivity index (χ1n) is 9.15. The van der Waals surface area contributed by atoms with Gasteiger partial charge in [-0.15, -0.1) is 0 Å². The lowest BCUT2D eigenvalue weighted by molar-refractivity contribution is -0.148. The molecule has 2 aromatic carbocycles. The van der Waals surface area contributed by atoms with Crippen LogP contribution in [-0.2, 0) is 30.7 Å². The number of esters is 2. The molecule has 29 heavy (non-hydrogen) atoms. The van der Waals surface area contributed by atoms with Crippen LogP contribution >= 0.6 is 11.6 Å². The van der Waals surface area contributed by atoms with Crippen molar-refractivity contribution in [3.8, 4) is 0 Å². The van der Waals surface area contributed by atoms with Crippen LogP contribution in [0.3, 0.4) is 0 Å². The molecule has 0 aliphatic heterocycles. The smallest absolute Gasteiger partial charge is 0.337 e. The van der Waals surface area contributed by atoms with E-state index < -0.39 is 26.5 Å². The Labute approximate surface area is 174 Å². The molecule has 3 rings (SSSR count). The lowest BCUT2D eigenvalue weighted by atomic mass is 10.1. The number of hydrogen-bond acceptors (Lipinski definition) is 6. The third kappa shape index (κ3) is 4.16. The molecule has 0 bridgehead atoms. The van der Waals surface area contributed by atoms with Gasteiger partial charge >= 0.3 is 11.9 Å². The molecule has 8 heteroatoms. The van der Waals surface area contributed by atoms with Gasteiger partial charge in [0.1, 0.15) is 6.61 Å². The molecule has 2 aromatic rings. The fraction of sp³-hybridized carbons (Fsp3) is 0.333. The number of sulfone groups is 1. The minimum atomic E-state index is -3.94. The van der Waals surface area contributed by atoms with Gasteiger partial charge < -0.3 is 9.47 Å². The molecule has 0 heterocycles. The van der Waals surface area contributed by atoms with Crippen molar-refractivity contribution in [2.45, 2.75) is 41.9 Å². The molecule has 154 valence electrons. The second-order valence-electron chi connectivity index (χ2n) is 6.92. The predicted octanol–water partition coefficient (Wildman–Crippen LogP) is 3.96. The van der Waals surface area contributed by atoms with E-state index in [1.165, 1.54) is 31.4 Å². The van der Waals surface area contributed by atoms with Gasteiger partial charge in [-0.25, -0.2) is 13.2 Å². The van der Waals surface area contributed by atoms with E-state index >= 15 is 0 Å². The second kappa shape index (κ2) is 8.55. The summed E-state index contributed by atoms with van der Waals surface area (Å²) in [4.78, 5) is 24.5. The van der Waals surface area contributed by atoms with Crippen LogP contribution in [0.4, 0.5) is 0 Å². The SMILES string of the molecule is COC(=O)c1ccc(COC(=O)C2(S(=O)(=O)c3ccc(Cl)cc3)CCCC2)cc1. The van der Waals surface area contributed by atoms with Crippen molar-refractivity contribution in [3.05, 3.63) is 64.7 Å². The topological polar surface area (TPSA) is 86.7 Å². The first kappa shape index (κ1) is 21.3. The summed E-state index contributed by atoms with van der Waals surface area (Å²) >= 11 is 5.86. The Morgan fingerprint density at radius 3 is 2.14 bits per heavy atom. The molecular weight excluding hydrogens is 416 g/mol. The van der Waals surface area contributed by atoms with Gasteiger partial charge in [0.2, 0.25) is 0 Å². The molecule has 6 nitrogen and oxygen atoms in total. The van der Waals surface area contributed by atoms with Crippen molar-refractivity contribution < 1.29 is 27.5 Å². The minimum absolute atomic E-state index is 0.0585. The summed E-state index contributed by atoms with van der Waals surface area (Å²) in [5.41, 5.74) is 1.02.